The van der Waals surface area contributed by atoms with Gasteiger partial charge in [0, 0.05) is 5.02 Å². The third-order valence-electron chi connectivity index (χ3n) is 1.89. The molecule has 13 heavy (non-hydrogen) atoms. The minimum Gasteiger partial charge on any atom is -0.0840 e. The zero-order chi connectivity index (χ0) is 9.84. The van der Waals surface area contributed by atoms with E-state index in [-0.39, 0.29) is 0 Å². The number of rotatable bonds is 3. The largest absolute Gasteiger partial charge is 0.0840 e. The average Bonchev–Trinajstić information content (AvgIpc) is 2.09. The minimum absolute atomic E-state index is 0.520. The Kier molecular flexibility index (Phi) is 4.37. The standard InChI is InChI=1S/C10H11Cl3/c1-2-3-4-7-5-9(12)10(13)6-8(7)11/h5-6H,2-4H2,1H3. The summed E-state index contributed by atoms with van der Waals surface area (Å²) in [5.74, 6) is 0. The first-order valence-electron chi connectivity index (χ1n) is 4.28. The minimum atomic E-state index is 0.520. The van der Waals surface area contributed by atoms with Crippen molar-refractivity contribution in [3.05, 3.63) is 32.8 Å². The van der Waals surface area contributed by atoms with Crippen LogP contribution in [0, 0.1) is 0 Å². The zero-order valence-corrected chi connectivity index (χ0v) is 9.68. The summed E-state index contributed by atoms with van der Waals surface area (Å²) in [4.78, 5) is 0. The monoisotopic (exact) mass is 236 g/mol. The van der Waals surface area contributed by atoms with Gasteiger partial charge >= 0.3 is 0 Å². The highest BCUT2D eigenvalue weighted by molar-refractivity contribution is 6.43. The number of hydrogen-bond donors (Lipinski definition) is 0. The first-order chi connectivity index (χ1) is 6.15. The van der Waals surface area contributed by atoms with E-state index in [1.165, 1.54) is 0 Å². The van der Waals surface area contributed by atoms with E-state index in [0.29, 0.717) is 15.1 Å². The van der Waals surface area contributed by atoms with Crippen LogP contribution >= 0.6 is 34.8 Å². The van der Waals surface area contributed by atoms with Crippen molar-refractivity contribution in [2.24, 2.45) is 0 Å². The van der Waals surface area contributed by atoms with Crippen molar-refractivity contribution >= 4 is 34.8 Å². The van der Waals surface area contributed by atoms with Crippen molar-refractivity contribution < 1.29 is 0 Å². The molecule has 1 aromatic rings. The normalized spacial score (nSPS) is 10.5. The van der Waals surface area contributed by atoms with Crippen LogP contribution in [0.4, 0.5) is 0 Å². The lowest BCUT2D eigenvalue weighted by atomic mass is 10.1. The fourth-order valence-corrected chi connectivity index (χ4v) is 1.79. The van der Waals surface area contributed by atoms with Gasteiger partial charge < -0.3 is 0 Å². The molecule has 0 aliphatic carbocycles. The molecule has 0 fully saturated rings. The average molecular weight is 238 g/mol. The van der Waals surface area contributed by atoms with Crippen LogP contribution in [-0.4, -0.2) is 0 Å². The molecule has 0 nitrogen and oxygen atoms in total. The molecule has 0 radical (unpaired) electrons. The first kappa shape index (κ1) is 11.2. The summed E-state index contributed by atoms with van der Waals surface area (Å²) in [6.45, 7) is 2.14. The Hall–Kier alpha value is 0.0900. The molecule has 0 atom stereocenters. The Labute approximate surface area is 93.8 Å². The maximum atomic E-state index is 5.99. The number of unbranched alkanes of at least 4 members (excludes halogenated alkanes) is 1. The second kappa shape index (κ2) is 5.09. The first-order valence-corrected chi connectivity index (χ1v) is 5.42. The van der Waals surface area contributed by atoms with Gasteiger partial charge in [0.1, 0.15) is 0 Å². The lowest BCUT2D eigenvalue weighted by molar-refractivity contribution is 0.795. The fourth-order valence-electron chi connectivity index (χ4n) is 1.12. The van der Waals surface area contributed by atoms with Gasteiger partial charge in [-0.15, -0.1) is 0 Å². The smallest absolute Gasteiger partial charge is 0.0607 e. The number of benzene rings is 1. The maximum Gasteiger partial charge on any atom is 0.0607 e. The Balaban J connectivity index is 2.88. The van der Waals surface area contributed by atoms with Gasteiger partial charge in [0.05, 0.1) is 10.0 Å². The highest BCUT2D eigenvalue weighted by atomic mass is 35.5. The van der Waals surface area contributed by atoms with Gasteiger partial charge in [-0.05, 0) is 30.5 Å². The van der Waals surface area contributed by atoms with Crippen molar-refractivity contribution in [3.63, 3.8) is 0 Å². The molecule has 0 aromatic heterocycles. The highest BCUT2D eigenvalue weighted by Crippen LogP contribution is 2.29. The van der Waals surface area contributed by atoms with E-state index < -0.39 is 0 Å². The van der Waals surface area contributed by atoms with Crippen molar-refractivity contribution in [2.45, 2.75) is 26.2 Å². The molecule has 1 rings (SSSR count). The quantitative estimate of drug-likeness (QED) is 0.650. The van der Waals surface area contributed by atoms with Crippen molar-refractivity contribution in [1.29, 1.82) is 0 Å². The van der Waals surface area contributed by atoms with Gasteiger partial charge in [-0.2, -0.15) is 0 Å². The predicted octanol–water partition coefficient (Wildman–Crippen LogP) is 4.99. The number of halogens is 3. The van der Waals surface area contributed by atoms with Gasteiger partial charge in [0.25, 0.3) is 0 Å². The number of hydrogen-bond acceptors (Lipinski definition) is 0. The predicted molar refractivity (Wildman–Crippen MR) is 60.1 cm³/mol. The van der Waals surface area contributed by atoms with Gasteiger partial charge in [-0.25, -0.2) is 0 Å². The summed E-state index contributed by atoms with van der Waals surface area (Å²) in [5, 5.41) is 1.81. The van der Waals surface area contributed by atoms with Gasteiger partial charge in [0.15, 0.2) is 0 Å². The fraction of sp³-hybridized carbons (Fsp3) is 0.400. The van der Waals surface area contributed by atoms with Crippen LogP contribution in [0.2, 0.25) is 15.1 Å². The molecule has 1 aromatic carbocycles. The maximum absolute atomic E-state index is 5.99. The van der Waals surface area contributed by atoms with Crippen LogP contribution < -0.4 is 0 Å². The highest BCUT2D eigenvalue weighted by Gasteiger charge is 2.04. The molecule has 3 heteroatoms. The molecule has 0 N–H and O–H groups in total. The second-order valence-electron chi connectivity index (χ2n) is 2.96. The molecule has 0 saturated heterocycles. The molecule has 0 unspecified atom stereocenters. The lowest BCUT2D eigenvalue weighted by Gasteiger charge is -2.05. The van der Waals surface area contributed by atoms with E-state index >= 15 is 0 Å². The summed E-state index contributed by atoms with van der Waals surface area (Å²) in [6, 6.07) is 3.55. The number of aryl methyl sites for hydroxylation is 1. The van der Waals surface area contributed by atoms with Gasteiger partial charge in [-0.3, -0.25) is 0 Å². The van der Waals surface area contributed by atoms with E-state index in [4.69, 9.17) is 34.8 Å². The molecule has 0 amide bonds. The van der Waals surface area contributed by atoms with E-state index in [1.807, 2.05) is 6.07 Å². The second-order valence-corrected chi connectivity index (χ2v) is 4.18. The van der Waals surface area contributed by atoms with E-state index in [2.05, 4.69) is 6.92 Å². The van der Waals surface area contributed by atoms with Gasteiger partial charge in [0.2, 0.25) is 0 Å². The zero-order valence-electron chi connectivity index (χ0n) is 7.41. The summed E-state index contributed by atoms with van der Waals surface area (Å²) in [7, 11) is 0. The molecule has 0 spiro atoms. The SMILES string of the molecule is CCCCc1cc(Cl)c(Cl)cc1Cl. The molecule has 0 aliphatic rings. The van der Waals surface area contributed by atoms with Crippen LogP contribution in [0.25, 0.3) is 0 Å². The van der Waals surface area contributed by atoms with Crippen molar-refractivity contribution in [2.75, 3.05) is 0 Å². The topological polar surface area (TPSA) is 0 Å². The van der Waals surface area contributed by atoms with Crippen molar-refractivity contribution in [3.8, 4) is 0 Å². The van der Waals surface area contributed by atoms with Crippen LogP contribution in [0.15, 0.2) is 12.1 Å². The molecule has 0 aliphatic heterocycles. The molecule has 0 bridgehead atoms. The molecule has 72 valence electrons. The Morgan fingerprint density at radius 3 is 2.23 bits per heavy atom. The van der Waals surface area contributed by atoms with Crippen molar-refractivity contribution in [1.82, 2.24) is 0 Å². The Morgan fingerprint density at radius 2 is 1.62 bits per heavy atom. The van der Waals surface area contributed by atoms with E-state index in [1.54, 1.807) is 6.07 Å². The molecule has 0 heterocycles. The lowest BCUT2D eigenvalue weighted by Crippen LogP contribution is -1.86. The summed E-state index contributed by atoms with van der Waals surface area (Å²) >= 11 is 17.7. The van der Waals surface area contributed by atoms with Crippen LogP contribution in [0.5, 0.6) is 0 Å². The third-order valence-corrected chi connectivity index (χ3v) is 2.96. The van der Waals surface area contributed by atoms with Crippen LogP contribution in [0.3, 0.4) is 0 Å². The molecular weight excluding hydrogens is 226 g/mol. The molecule has 0 saturated carbocycles. The third kappa shape index (κ3) is 3.05. The summed E-state index contributed by atoms with van der Waals surface area (Å²) in [6.07, 6.45) is 3.24. The van der Waals surface area contributed by atoms with E-state index in [9.17, 15) is 0 Å². The summed E-state index contributed by atoms with van der Waals surface area (Å²) in [5.41, 5.74) is 1.08. The Bertz CT molecular complexity index is 294. The van der Waals surface area contributed by atoms with Gasteiger partial charge in [-0.1, -0.05) is 48.1 Å². The summed E-state index contributed by atoms with van der Waals surface area (Å²) < 4.78 is 0. The molecular formula is C10H11Cl3. The van der Waals surface area contributed by atoms with Crippen LogP contribution in [-0.2, 0) is 6.42 Å². The van der Waals surface area contributed by atoms with Crippen LogP contribution in [0.1, 0.15) is 25.3 Å². The Morgan fingerprint density at radius 1 is 1.00 bits per heavy atom. The van der Waals surface area contributed by atoms with E-state index in [0.717, 1.165) is 24.8 Å².